The van der Waals surface area contributed by atoms with Gasteiger partial charge in [0.2, 0.25) is 5.91 Å². The third-order valence-corrected chi connectivity index (χ3v) is 6.52. The minimum Gasteiger partial charge on any atom is -0.379 e. The second kappa shape index (κ2) is 8.66. The van der Waals surface area contributed by atoms with Gasteiger partial charge in [0.1, 0.15) is 0 Å². The summed E-state index contributed by atoms with van der Waals surface area (Å²) in [4.78, 5) is 21.6. The number of carbonyl (C=O) groups excluding carboxylic acids is 1. The van der Waals surface area contributed by atoms with E-state index >= 15 is 0 Å². The monoisotopic (exact) mass is 406 g/mol. The molecule has 0 bridgehead atoms. The van der Waals surface area contributed by atoms with Crippen molar-refractivity contribution < 1.29 is 9.53 Å². The van der Waals surface area contributed by atoms with Gasteiger partial charge in [-0.15, -0.1) is 0 Å². The number of nitrogens with zero attached hydrogens (tertiary/aromatic N) is 4. The first-order chi connectivity index (χ1) is 14.8. The van der Waals surface area contributed by atoms with Gasteiger partial charge in [0.25, 0.3) is 0 Å². The molecule has 3 aliphatic heterocycles. The van der Waals surface area contributed by atoms with Crippen molar-refractivity contribution in [1.82, 2.24) is 9.80 Å². The number of benzene rings is 2. The second-order valence-corrected chi connectivity index (χ2v) is 8.40. The van der Waals surface area contributed by atoms with Crippen LogP contribution in [0.2, 0.25) is 0 Å². The topological polar surface area (TPSA) is 39.3 Å². The Morgan fingerprint density at radius 1 is 0.733 bits per heavy atom. The van der Waals surface area contributed by atoms with E-state index in [4.69, 9.17) is 4.74 Å². The summed E-state index contributed by atoms with van der Waals surface area (Å²) >= 11 is 0. The molecule has 6 heteroatoms. The van der Waals surface area contributed by atoms with Crippen molar-refractivity contribution in [3.8, 4) is 0 Å². The van der Waals surface area contributed by atoms with Gasteiger partial charge in [0.05, 0.1) is 19.8 Å². The molecule has 6 nitrogen and oxygen atoms in total. The van der Waals surface area contributed by atoms with Gasteiger partial charge in [-0.1, -0.05) is 24.3 Å². The van der Waals surface area contributed by atoms with Crippen LogP contribution in [-0.4, -0.2) is 74.7 Å². The summed E-state index contributed by atoms with van der Waals surface area (Å²) in [5.41, 5.74) is 5.38. The summed E-state index contributed by atoms with van der Waals surface area (Å²) in [7, 11) is 0. The fourth-order valence-electron chi connectivity index (χ4n) is 4.65. The lowest BCUT2D eigenvalue weighted by Gasteiger charge is -2.37. The maximum atomic E-state index is 12.6. The van der Waals surface area contributed by atoms with E-state index in [1.807, 2.05) is 4.90 Å². The van der Waals surface area contributed by atoms with Crippen molar-refractivity contribution in [3.63, 3.8) is 0 Å². The fraction of sp³-hybridized carbons (Fsp3) is 0.458. The number of carbonyl (C=O) groups is 1. The highest BCUT2D eigenvalue weighted by Gasteiger charge is 2.24. The number of anilines is 2. The van der Waals surface area contributed by atoms with Gasteiger partial charge in [-0.25, -0.2) is 0 Å². The minimum atomic E-state index is 0.250. The molecule has 0 spiro atoms. The predicted octanol–water partition coefficient (Wildman–Crippen LogP) is 2.19. The van der Waals surface area contributed by atoms with Crippen LogP contribution in [0.25, 0.3) is 0 Å². The van der Waals surface area contributed by atoms with Crippen LogP contribution in [0, 0.1) is 0 Å². The van der Waals surface area contributed by atoms with Gasteiger partial charge in [-0.2, -0.15) is 0 Å². The van der Waals surface area contributed by atoms with E-state index < -0.39 is 0 Å². The Hall–Kier alpha value is -2.57. The number of hydrogen-bond donors (Lipinski definition) is 0. The van der Waals surface area contributed by atoms with E-state index in [2.05, 4.69) is 63.2 Å². The number of fused-ring (bicyclic) bond motifs is 1. The molecule has 3 heterocycles. The normalized spacial score (nSPS) is 19.8. The van der Waals surface area contributed by atoms with E-state index in [9.17, 15) is 4.79 Å². The molecule has 2 aromatic rings. The summed E-state index contributed by atoms with van der Waals surface area (Å²) in [6.45, 7) is 9.07. The van der Waals surface area contributed by atoms with E-state index in [1.165, 1.54) is 22.5 Å². The second-order valence-electron chi connectivity index (χ2n) is 8.40. The van der Waals surface area contributed by atoms with Crippen LogP contribution in [0.1, 0.15) is 11.1 Å². The molecule has 0 radical (unpaired) electrons. The predicted molar refractivity (Wildman–Crippen MR) is 119 cm³/mol. The number of hydrogen-bond acceptors (Lipinski definition) is 5. The van der Waals surface area contributed by atoms with Crippen molar-refractivity contribution in [2.24, 2.45) is 0 Å². The van der Waals surface area contributed by atoms with E-state index in [-0.39, 0.29) is 5.91 Å². The first-order valence-electron chi connectivity index (χ1n) is 11.0. The molecule has 0 saturated carbocycles. The van der Waals surface area contributed by atoms with Gasteiger partial charge in [-0.05, 0) is 35.4 Å². The lowest BCUT2D eigenvalue weighted by molar-refractivity contribution is -0.133. The van der Waals surface area contributed by atoms with Crippen LogP contribution in [0.5, 0.6) is 0 Å². The molecule has 0 aliphatic carbocycles. The summed E-state index contributed by atoms with van der Waals surface area (Å²) in [5.74, 6) is 0.250. The van der Waals surface area contributed by atoms with Gasteiger partial charge in [0, 0.05) is 63.7 Å². The molecule has 0 atom stereocenters. The number of amides is 1. The first-order valence-corrected chi connectivity index (χ1v) is 11.0. The zero-order valence-corrected chi connectivity index (χ0v) is 17.5. The highest BCUT2D eigenvalue weighted by atomic mass is 16.5. The van der Waals surface area contributed by atoms with Crippen molar-refractivity contribution in [1.29, 1.82) is 0 Å². The zero-order valence-electron chi connectivity index (χ0n) is 17.5. The van der Waals surface area contributed by atoms with Gasteiger partial charge in [0.15, 0.2) is 0 Å². The molecule has 0 unspecified atom stereocenters. The lowest BCUT2D eigenvalue weighted by atomic mass is 10.1. The average Bonchev–Trinajstić information content (AvgIpc) is 3.24. The Kier molecular flexibility index (Phi) is 5.60. The highest BCUT2D eigenvalue weighted by Crippen LogP contribution is 2.29. The van der Waals surface area contributed by atoms with E-state index in [1.54, 1.807) is 0 Å². The molecular formula is C24H30N4O2. The summed E-state index contributed by atoms with van der Waals surface area (Å²) in [6.07, 6.45) is 0. The fourth-order valence-corrected chi connectivity index (χ4v) is 4.65. The van der Waals surface area contributed by atoms with Crippen molar-refractivity contribution in [3.05, 3.63) is 59.7 Å². The summed E-state index contributed by atoms with van der Waals surface area (Å²) in [5, 5.41) is 0. The van der Waals surface area contributed by atoms with E-state index in [0.29, 0.717) is 6.54 Å². The Labute approximate surface area is 178 Å². The molecule has 0 aromatic heterocycles. The molecule has 30 heavy (non-hydrogen) atoms. The van der Waals surface area contributed by atoms with Gasteiger partial charge >= 0.3 is 0 Å². The largest absolute Gasteiger partial charge is 0.379 e. The number of morpholine rings is 1. The molecular weight excluding hydrogens is 376 g/mol. The molecule has 3 aliphatic rings. The quantitative estimate of drug-likeness (QED) is 0.778. The third-order valence-electron chi connectivity index (χ3n) is 6.52. The van der Waals surface area contributed by atoms with E-state index in [0.717, 1.165) is 65.6 Å². The van der Waals surface area contributed by atoms with Crippen LogP contribution in [0.4, 0.5) is 11.4 Å². The van der Waals surface area contributed by atoms with Crippen molar-refractivity contribution in [2.45, 2.75) is 13.1 Å². The van der Waals surface area contributed by atoms with Crippen LogP contribution < -0.4 is 9.80 Å². The molecule has 2 saturated heterocycles. The van der Waals surface area contributed by atoms with Crippen LogP contribution >= 0.6 is 0 Å². The summed E-state index contributed by atoms with van der Waals surface area (Å²) in [6, 6.07) is 17.6. The van der Waals surface area contributed by atoms with Gasteiger partial charge in [-0.3, -0.25) is 9.69 Å². The van der Waals surface area contributed by atoms with Gasteiger partial charge < -0.3 is 19.4 Å². The minimum absolute atomic E-state index is 0.250. The number of piperazine rings is 1. The number of rotatable bonds is 4. The molecule has 158 valence electrons. The lowest BCUT2D eigenvalue weighted by Crippen LogP contribution is -2.52. The Morgan fingerprint density at radius 2 is 1.30 bits per heavy atom. The molecule has 2 fully saturated rings. The molecule has 5 rings (SSSR count). The number of ether oxygens (including phenoxy) is 1. The Bertz CT molecular complexity index is 846. The van der Waals surface area contributed by atoms with Crippen molar-refractivity contribution in [2.75, 3.05) is 68.8 Å². The average molecular weight is 407 g/mol. The Balaban J connectivity index is 1.14. The summed E-state index contributed by atoms with van der Waals surface area (Å²) < 4.78 is 5.37. The first kappa shape index (κ1) is 19.4. The molecule has 1 amide bonds. The third kappa shape index (κ3) is 4.16. The maximum Gasteiger partial charge on any atom is 0.236 e. The van der Waals surface area contributed by atoms with Crippen LogP contribution in [0.3, 0.4) is 0 Å². The standard InChI is InChI=1S/C24H30N4O2/c29-24(19-25-13-15-30-16-14-25)27-11-9-26(10-12-27)22-5-7-23(8-6-22)28-17-20-3-1-2-4-21(20)18-28/h1-8H,9-19H2. The zero-order chi connectivity index (χ0) is 20.3. The maximum absolute atomic E-state index is 12.6. The smallest absolute Gasteiger partial charge is 0.236 e. The SMILES string of the molecule is O=C(CN1CCOCC1)N1CCN(c2ccc(N3Cc4ccccc4C3)cc2)CC1. The Morgan fingerprint density at radius 3 is 1.90 bits per heavy atom. The van der Waals surface area contributed by atoms with Crippen LogP contribution in [0.15, 0.2) is 48.5 Å². The molecule has 0 N–H and O–H groups in total. The highest BCUT2D eigenvalue weighted by molar-refractivity contribution is 5.78. The van der Waals surface area contributed by atoms with Crippen LogP contribution in [-0.2, 0) is 22.6 Å². The van der Waals surface area contributed by atoms with Crippen molar-refractivity contribution >= 4 is 17.3 Å². The molecule has 2 aromatic carbocycles.